The molecule has 0 atom stereocenters. The number of hydrogen-bond acceptors (Lipinski definition) is 3. The summed E-state index contributed by atoms with van der Waals surface area (Å²) >= 11 is 0. The van der Waals surface area contributed by atoms with Gasteiger partial charge in [0.2, 0.25) is 5.82 Å². The first-order valence-corrected chi connectivity index (χ1v) is 12.1. The monoisotopic (exact) mass is 431 g/mol. The molecule has 1 amide bonds. The van der Waals surface area contributed by atoms with Crippen LogP contribution in [0.4, 0.5) is 0 Å². The molecule has 0 saturated carbocycles. The van der Waals surface area contributed by atoms with Gasteiger partial charge in [0, 0.05) is 25.9 Å². The average Bonchev–Trinajstić information content (AvgIpc) is 2.80. The summed E-state index contributed by atoms with van der Waals surface area (Å²) in [6, 6.07) is 15.0. The van der Waals surface area contributed by atoms with Crippen molar-refractivity contribution in [3.8, 4) is 0 Å². The highest BCUT2D eigenvalue weighted by Crippen LogP contribution is 2.24. The molecule has 0 N–H and O–H groups in total. The van der Waals surface area contributed by atoms with Gasteiger partial charge in [0.25, 0.3) is 5.91 Å². The second kappa shape index (κ2) is 11.8. The van der Waals surface area contributed by atoms with Crippen LogP contribution in [0.1, 0.15) is 85.4 Å². The van der Waals surface area contributed by atoms with Crippen LogP contribution in [0.2, 0.25) is 0 Å². The molecule has 0 fully saturated rings. The second-order valence-electron chi connectivity index (χ2n) is 8.90. The van der Waals surface area contributed by atoms with Crippen molar-refractivity contribution in [3.63, 3.8) is 0 Å². The zero-order valence-corrected chi connectivity index (χ0v) is 20.2. The van der Waals surface area contributed by atoms with Gasteiger partial charge >= 0.3 is 0 Å². The van der Waals surface area contributed by atoms with Gasteiger partial charge in [-0.25, -0.2) is 9.97 Å². The van der Waals surface area contributed by atoms with Crippen LogP contribution in [0.5, 0.6) is 0 Å². The average molecular weight is 432 g/mol. The molecule has 0 unspecified atom stereocenters. The van der Waals surface area contributed by atoms with Gasteiger partial charge in [0.1, 0.15) is 0 Å². The maximum absolute atomic E-state index is 12.6. The van der Waals surface area contributed by atoms with E-state index >= 15 is 0 Å². The van der Waals surface area contributed by atoms with E-state index in [-0.39, 0.29) is 11.7 Å². The number of carbonyl (C=O) groups excluding carboxylic acids is 1. The quantitative estimate of drug-likeness (QED) is 0.331. The maximum atomic E-state index is 12.6. The Balaban J connectivity index is 1.97. The summed E-state index contributed by atoms with van der Waals surface area (Å²) in [5.74, 6) is 0.110. The third kappa shape index (κ3) is 6.15. The third-order valence-corrected chi connectivity index (χ3v) is 6.03. The lowest BCUT2D eigenvalue weighted by Gasteiger charge is -2.15. The number of fused-ring (bicyclic) bond motifs is 1. The van der Waals surface area contributed by atoms with Gasteiger partial charge in [-0.15, -0.1) is 0 Å². The number of unbranched alkanes of at least 4 members (excludes halogenated alkanes) is 4. The Bertz CT molecular complexity index is 1040. The van der Waals surface area contributed by atoms with Crippen molar-refractivity contribution < 1.29 is 4.79 Å². The van der Waals surface area contributed by atoms with Crippen LogP contribution in [0.3, 0.4) is 0 Å². The molecule has 0 aliphatic carbocycles. The Morgan fingerprint density at radius 3 is 2.28 bits per heavy atom. The summed E-state index contributed by atoms with van der Waals surface area (Å²) in [6.45, 7) is 4.50. The number of carbonyl (C=O) groups is 1. The molecule has 3 rings (SSSR count). The topological polar surface area (TPSA) is 46.1 Å². The van der Waals surface area contributed by atoms with Crippen LogP contribution >= 0.6 is 0 Å². The largest absolute Gasteiger partial charge is 0.342 e. The number of amides is 1. The molecule has 32 heavy (non-hydrogen) atoms. The van der Waals surface area contributed by atoms with Crippen molar-refractivity contribution in [1.82, 2.24) is 14.9 Å². The molecule has 4 nitrogen and oxygen atoms in total. The lowest BCUT2D eigenvalue weighted by Crippen LogP contribution is -2.24. The van der Waals surface area contributed by atoms with E-state index in [9.17, 15) is 4.79 Å². The van der Waals surface area contributed by atoms with E-state index in [0.29, 0.717) is 6.42 Å². The van der Waals surface area contributed by atoms with E-state index in [1.165, 1.54) is 60.1 Å². The van der Waals surface area contributed by atoms with E-state index in [1.807, 2.05) is 18.2 Å². The molecular formula is C28H37N3O. The lowest BCUT2D eigenvalue weighted by molar-refractivity contribution is 0.0816. The molecule has 1 aromatic heterocycles. The van der Waals surface area contributed by atoms with Crippen LogP contribution in [0, 0.1) is 0 Å². The molecule has 170 valence electrons. The van der Waals surface area contributed by atoms with E-state index in [1.54, 1.807) is 14.1 Å². The Hall–Kier alpha value is -2.75. The minimum atomic E-state index is -0.161. The van der Waals surface area contributed by atoms with Crippen molar-refractivity contribution in [3.05, 3.63) is 70.7 Å². The molecule has 0 bridgehead atoms. The van der Waals surface area contributed by atoms with Crippen LogP contribution in [-0.4, -0.2) is 34.9 Å². The van der Waals surface area contributed by atoms with Gasteiger partial charge in [-0.05, 0) is 48.4 Å². The highest BCUT2D eigenvalue weighted by Gasteiger charge is 2.17. The zero-order chi connectivity index (χ0) is 22.9. The van der Waals surface area contributed by atoms with E-state index in [2.05, 4.69) is 43.1 Å². The summed E-state index contributed by atoms with van der Waals surface area (Å²) in [4.78, 5) is 23.4. The highest BCUT2D eigenvalue weighted by atomic mass is 16.2. The van der Waals surface area contributed by atoms with Gasteiger partial charge < -0.3 is 4.90 Å². The van der Waals surface area contributed by atoms with E-state index < -0.39 is 0 Å². The van der Waals surface area contributed by atoms with Gasteiger partial charge in [0.05, 0.1) is 11.2 Å². The molecule has 0 spiro atoms. The van der Waals surface area contributed by atoms with Crippen molar-refractivity contribution in [2.75, 3.05) is 14.1 Å². The Morgan fingerprint density at radius 2 is 1.56 bits per heavy atom. The van der Waals surface area contributed by atoms with Gasteiger partial charge in [0.15, 0.2) is 0 Å². The zero-order valence-electron chi connectivity index (χ0n) is 20.2. The van der Waals surface area contributed by atoms with Crippen LogP contribution < -0.4 is 0 Å². The summed E-state index contributed by atoms with van der Waals surface area (Å²) in [5, 5.41) is 1.02. The molecular weight excluding hydrogens is 394 g/mol. The molecule has 4 heteroatoms. The fourth-order valence-corrected chi connectivity index (χ4v) is 4.14. The Kier molecular flexibility index (Phi) is 8.78. The predicted molar refractivity (Wildman–Crippen MR) is 133 cm³/mol. The molecule has 2 aromatic carbocycles. The normalized spacial score (nSPS) is 11.1. The van der Waals surface area contributed by atoms with E-state index in [4.69, 9.17) is 4.98 Å². The molecule has 0 aliphatic heterocycles. The Labute approximate surface area is 193 Å². The van der Waals surface area contributed by atoms with Crippen molar-refractivity contribution >= 4 is 16.8 Å². The first-order chi connectivity index (χ1) is 15.5. The SMILES string of the molecule is CCCCCc1ccc(Cc2nc(C(=O)N(C)C)nc3ccccc23)c(CCCCC)c1. The first-order valence-electron chi connectivity index (χ1n) is 12.1. The predicted octanol–water partition coefficient (Wildman–Crippen LogP) is 6.39. The number of hydrogen-bond donors (Lipinski definition) is 0. The van der Waals surface area contributed by atoms with Gasteiger partial charge in [-0.3, -0.25) is 4.79 Å². The second-order valence-corrected chi connectivity index (χ2v) is 8.90. The highest BCUT2D eigenvalue weighted by molar-refractivity contribution is 5.93. The number of benzene rings is 2. The number of aryl methyl sites for hydroxylation is 2. The Morgan fingerprint density at radius 1 is 0.844 bits per heavy atom. The van der Waals surface area contributed by atoms with Crippen molar-refractivity contribution in [1.29, 1.82) is 0 Å². The number of rotatable bonds is 11. The maximum Gasteiger partial charge on any atom is 0.291 e. The number of aromatic nitrogens is 2. The van der Waals surface area contributed by atoms with Crippen molar-refractivity contribution in [2.45, 2.75) is 71.6 Å². The summed E-state index contributed by atoms with van der Waals surface area (Å²) in [6.07, 6.45) is 10.4. The summed E-state index contributed by atoms with van der Waals surface area (Å²) < 4.78 is 0. The van der Waals surface area contributed by atoms with Crippen molar-refractivity contribution in [2.24, 2.45) is 0 Å². The first kappa shape index (κ1) is 23.9. The van der Waals surface area contributed by atoms with Gasteiger partial charge in [-0.2, -0.15) is 0 Å². The fraction of sp³-hybridized carbons (Fsp3) is 0.464. The van der Waals surface area contributed by atoms with Crippen LogP contribution in [0.15, 0.2) is 42.5 Å². The van der Waals surface area contributed by atoms with E-state index in [0.717, 1.165) is 29.4 Å². The summed E-state index contributed by atoms with van der Waals surface area (Å²) in [7, 11) is 3.48. The fourth-order valence-electron chi connectivity index (χ4n) is 4.14. The third-order valence-electron chi connectivity index (χ3n) is 6.03. The molecule has 0 radical (unpaired) electrons. The standard InChI is InChI=1S/C28H37N3O/c1-5-7-9-13-21-17-18-23(22(19-21)14-10-8-6-2)20-26-24-15-11-12-16-25(24)29-27(30-26)28(32)31(3)4/h11-12,15-19H,5-10,13-14,20H2,1-4H3. The summed E-state index contributed by atoms with van der Waals surface area (Å²) in [5.41, 5.74) is 5.93. The van der Waals surface area contributed by atoms with Crippen LogP contribution in [0.25, 0.3) is 10.9 Å². The smallest absolute Gasteiger partial charge is 0.291 e. The molecule has 3 aromatic rings. The molecule has 0 saturated heterocycles. The number of nitrogens with zero attached hydrogens (tertiary/aromatic N) is 3. The van der Waals surface area contributed by atoms with Crippen LogP contribution in [-0.2, 0) is 19.3 Å². The molecule has 1 heterocycles. The molecule has 0 aliphatic rings. The number of para-hydroxylation sites is 1. The van der Waals surface area contributed by atoms with Gasteiger partial charge in [-0.1, -0.05) is 75.9 Å². The lowest BCUT2D eigenvalue weighted by atomic mass is 9.93. The minimum absolute atomic E-state index is 0.161. The minimum Gasteiger partial charge on any atom is -0.342 e.